The monoisotopic (exact) mass is 190 g/mol. The molecule has 1 atom stereocenters. The van der Waals surface area contributed by atoms with E-state index >= 15 is 0 Å². The average Bonchev–Trinajstić information content (AvgIpc) is 2.67. The van der Waals surface area contributed by atoms with Gasteiger partial charge in [-0.3, -0.25) is 4.90 Å². The Labute approximate surface area is 85.7 Å². The second-order valence-electron chi connectivity index (χ2n) is 3.99. The van der Waals surface area contributed by atoms with E-state index in [1.165, 1.54) is 24.9 Å². The fourth-order valence-electron chi connectivity index (χ4n) is 2.19. The summed E-state index contributed by atoms with van der Waals surface area (Å²) in [5, 5.41) is 0. The minimum atomic E-state index is 0.607. The first-order chi connectivity index (χ1) is 6.90. The molecule has 0 unspecified atom stereocenters. The van der Waals surface area contributed by atoms with Gasteiger partial charge >= 0.3 is 0 Å². The van der Waals surface area contributed by atoms with Gasteiger partial charge in [-0.1, -0.05) is 30.3 Å². The fraction of sp³-hybridized carbons (Fsp3) is 0.500. The Morgan fingerprint density at radius 2 is 2.07 bits per heavy atom. The van der Waals surface area contributed by atoms with Gasteiger partial charge in [0.25, 0.3) is 0 Å². The van der Waals surface area contributed by atoms with E-state index in [1.54, 1.807) is 0 Å². The van der Waals surface area contributed by atoms with Crippen LogP contribution in [0.1, 0.15) is 18.4 Å². The Hall–Kier alpha value is -0.860. The molecular formula is C12H18N2. The highest BCUT2D eigenvalue weighted by molar-refractivity contribution is 5.14. The van der Waals surface area contributed by atoms with Gasteiger partial charge in [-0.2, -0.15) is 0 Å². The molecule has 2 N–H and O–H groups in total. The van der Waals surface area contributed by atoms with Crippen LogP contribution < -0.4 is 5.73 Å². The van der Waals surface area contributed by atoms with E-state index in [2.05, 4.69) is 35.2 Å². The van der Waals surface area contributed by atoms with Crippen LogP contribution >= 0.6 is 0 Å². The summed E-state index contributed by atoms with van der Waals surface area (Å²) in [6.07, 6.45) is 2.57. The molecule has 76 valence electrons. The van der Waals surface area contributed by atoms with Gasteiger partial charge in [0.2, 0.25) is 0 Å². The first-order valence-corrected chi connectivity index (χ1v) is 5.38. The highest BCUT2D eigenvalue weighted by Gasteiger charge is 2.22. The summed E-state index contributed by atoms with van der Waals surface area (Å²) in [6, 6.07) is 11.2. The quantitative estimate of drug-likeness (QED) is 0.784. The summed E-state index contributed by atoms with van der Waals surface area (Å²) in [6.45, 7) is 3.06. The molecule has 2 nitrogen and oxygen atoms in total. The summed E-state index contributed by atoms with van der Waals surface area (Å²) < 4.78 is 0. The van der Waals surface area contributed by atoms with Crippen molar-refractivity contribution in [3.63, 3.8) is 0 Å². The van der Waals surface area contributed by atoms with Gasteiger partial charge in [-0.05, 0) is 24.9 Å². The van der Waals surface area contributed by atoms with Gasteiger partial charge in [0.1, 0.15) is 0 Å². The zero-order valence-electron chi connectivity index (χ0n) is 8.52. The van der Waals surface area contributed by atoms with E-state index in [0.717, 1.165) is 13.1 Å². The summed E-state index contributed by atoms with van der Waals surface area (Å²) in [4.78, 5) is 2.50. The average molecular weight is 190 g/mol. The first kappa shape index (κ1) is 9.69. The Kier molecular flexibility index (Phi) is 3.17. The Morgan fingerprint density at radius 3 is 2.79 bits per heavy atom. The van der Waals surface area contributed by atoms with Crippen molar-refractivity contribution in [1.82, 2.24) is 4.90 Å². The standard InChI is InChI=1S/C12H18N2/c13-9-12-7-4-8-14(12)10-11-5-2-1-3-6-11/h1-3,5-6,12H,4,7-10,13H2/t12-/m1/s1. The third kappa shape index (κ3) is 2.14. The molecule has 1 aliphatic rings. The van der Waals surface area contributed by atoms with E-state index in [0.29, 0.717) is 6.04 Å². The van der Waals surface area contributed by atoms with Crippen molar-refractivity contribution < 1.29 is 0 Å². The van der Waals surface area contributed by atoms with Crippen molar-refractivity contribution >= 4 is 0 Å². The van der Waals surface area contributed by atoms with Gasteiger partial charge in [0.15, 0.2) is 0 Å². The Bertz CT molecular complexity index is 271. The maximum absolute atomic E-state index is 5.74. The third-order valence-electron chi connectivity index (χ3n) is 3.00. The van der Waals surface area contributed by atoms with E-state index in [-0.39, 0.29) is 0 Å². The molecular weight excluding hydrogens is 172 g/mol. The van der Waals surface area contributed by atoms with Crippen molar-refractivity contribution in [2.45, 2.75) is 25.4 Å². The van der Waals surface area contributed by atoms with Crippen LogP contribution in [0.2, 0.25) is 0 Å². The molecule has 0 saturated carbocycles. The molecule has 14 heavy (non-hydrogen) atoms. The number of rotatable bonds is 3. The Morgan fingerprint density at radius 1 is 1.29 bits per heavy atom. The van der Waals surface area contributed by atoms with Crippen molar-refractivity contribution in [1.29, 1.82) is 0 Å². The number of benzene rings is 1. The number of hydrogen-bond acceptors (Lipinski definition) is 2. The molecule has 0 aliphatic carbocycles. The lowest BCUT2D eigenvalue weighted by atomic mass is 10.2. The molecule has 0 bridgehead atoms. The lowest BCUT2D eigenvalue weighted by Gasteiger charge is -2.22. The molecule has 1 saturated heterocycles. The summed E-state index contributed by atoms with van der Waals surface area (Å²) in [5.41, 5.74) is 7.13. The number of likely N-dealkylation sites (tertiary alicyclic amines) is 1. The smallest absolute Gasteiger partial charge is 0.0237 e. The van der Waals surface area contributed by atoms with Gasteiger partial charge < -0.3 is 5.73 Å². The number of nitrogens with two attached hydrogens (primary N) is 1. The maximum Gasteiger partial charge on any atom is 0.0237 e. The molecule has 1 aromatic rings. The van der Waals surface area contributed by atoms with Crippen molar-refractivity contribution in [3.05, 3.63) is 35.9 Å². The predicted molar refractivity (Wildman–Crippen MR) is 58.9 cm³/mol. The van der Waals surface area contributed by atoms with Gasteiger partial charge in [0, 0.05) is 19.1 Å². The maximum atomic E-state index is 5.74. The lowest BCUT2D eigenvalue weighted by Crippen LogP contribution is -2.34. The van der Waals surface area contributed by atoms with Crippen LogP contribution in [0, 0.1) is 0 Å². The van der Waals surface area contributed by atoms with E-state index in [1.807, 2.05) is 0 Å². The van der Waals surface area contributed by atoms with Gasteiger partial charge in [-0.25, -0.2) is 0 Å². The van der Waals surface area contributed by atoms with Crippen LogP contribution in [0.3, 0.4) is 0 Å². The lowest BCUT2D eigenvalue weighted by molar-refractivity contribution is 0.250. The highest BCUT2D eigenvalue weighted by Crippen LogP contribution is 2.18. The van der Waals surface area contributed by atoms with Crippen molar-refractivity contribution in [2.75, 3.05) is 13.1 Å². The topological polar surface area (TPSA) is 29.3 Å². The molecule has 0 amide bonds. The molecule has 0 spiro atoms. The predicted octanol–water partition coefficient (Wildman–Crippen LogP) is 1.61. The fourth-order valence-corrected chi connectivity index (χ4v) is 2.19. The largest absolute Gasteiger partial charge is 0.329 e. The van der Waals surface area contributed by atoms with Crippen molar-refractivity contribution in [2.24, 2.45) is 5.73 Å². The zero-order valence-corrected chi connectivity index (χ0v) is 8.52. The Balaban J connectivity index is 1.97. The summed E-state index contributed by atoms with van der Waals surface area (Å²) in [7, 11) is 0. The van der Waals surface area contributed by atoms with E-state index in [9.17, 15) is 0 Å². The normalized spacial score (nSPS) is 22.8. The van der Waals surface area contributed by atoms with E-state index < -0.39 is 0 Å². The molecule has 2 rings (SSSR count). The zero-order chi connectivity index (χ0) is 9.80. The number of nitrogens with zero attached hydrogens (tertiary/aromatic N) is 1. The molecule has 2 heteroatoms. The molecule has 1 aromatic carbocycles. The van der Waals surface area contributed by atoms with E-state index in [4.69, 9.17) is 5.73 Å². The first-order valence-electron chi connectivity index (χ1n) is 5.38. The summed E-state index contributed by atoms with van der Waals surface area (Å²) >= 11 is 0. The van der Waals surface area contributed by atoms with Crippen LogP contribution in [-0.2, 0) is 6.54 Å². The van der Waals surface area contributed by atoms with Gasteiger partial charge in [-0.15, -0.1) is 0 Å². The second kappa shape index (κ2) is 4.58. The number of hydrogen-bond donors (Lipinski definition) is 1. The minimum absolute atomic E-state index is 0.607. The van der Waals surface area contributed by atoms with Crippen LogP contribution in [0.4, 0.5) is 0 Å². The molecule has 0 radical (unpaired) electrons. The highest BCUT2D eigenvalue weighted by atomic mass is 15.2. The SMILES string of the molecule is NC[C@H]1CCCN1Cc1ccccc1. The molecule has 1 aliphatic heterocycles. The van der Waals surface area contributed by atoms with Crippen LogP contribution in [0.15, 0.2) is 30.3 Å². The van der Waals surface area contributed by atoms with Crippen molar-refractivity contribution in [3.8, 4) is 0 Å². The molecule has 1 fully saturated rings. The van der Waals surface area contributed by atoms with Crippen LogP contribution in [0.5, 0.6) is 0 Å². The third-order valence-corrected chi connectivity index (χ3v) is 3.00. The van der Waals surface area contributed by atoms with Gasteiger partial charge in [0.05, 0.1) is 0 Å². The molecule has 0 aromatic heterocycles. The summed E-state index contributed by atoms with van der Waals surface area (Å²) in [5.74, 6) is 0. The van der Waals surface area contributed by atoms with Crippen LogP contribution in [0.25, 0.3) is 0 Å². The van der Waals surface area contributed by atoms with Crippen LogP contribution in [-0.4, -0.2) is 24.0 Å². The second-order valence-corrected chi connectivity index (χ2v) is 3.99. The minimum Gasteiger partial charge on any atom is -0.329 e. The molecule has 1 heterocycles.